The van der Waals surface area contributed by atoms with E-state index in [-0.39, 0.29) is 6.01 Å². The highest BCUT2D eigenvalue weighted by atomic mass is 16.5. The molecule has 8 nitrogen and oxygen atoms in total. The Bertz CT molecular complexity index is 841. The van der Waals surface area contributed by atoms with Gasteiger partial charge in [-0.1, -0.05) is 49.4 Å². The van der Waals surface area contributed by atoms with Gasteiger partial charge in [-0.3, -0.25) is 0 Å². The first kappa shape index (κ1) is 22.1. The van der Waals surface area contributed by atoms with Crippen LogP contribution < -0.4 is 26.8 Å². The number of benzene rings is 2. The van der Waals surface area contributed by atoms with Crippen LogP contribution in [-0.2, 0) is 13.1 Å². The number of nitrogens with two attached hydrogens (primary N) is 2. The van der Waals surface area contributed by atoms with E-state index in [1.807, 2.05) is 68.4 Å². The van der Waals surface area contributed by atoms with E-state index in [9.17, 15) is 0 Å². The second-order valence-corrected chi connectivity index (χ2v) is 5.97. The van der Waals surface area contributed by atoms with Gasteiger partial charge < -0.3 is 26.8 Å². The lowest BCUT2D eigenvalue weighted by molar-refractivity contribution is 0.312. The highest BCUT2D eigenvalue weighted by molar-refractivity contribution is 5.54. The van der Waals surface area contributed by atoms with E-state index in [0.29, 0.717) is 31.6 Å². The van der Waals surface area contributed by atoms with Crippen LogP contribution in [0.1, 0.15) is 25.0 Å². The molecule has 154 valence electrons. The number of aromatic nitrogens is 3. The van der Waals surface area contributed by atoms with Gasteiger partial charge in [-0.2, -0.15) is 15.0 Å². The topological polar surface area (TPSA) is 124 Å². The first-order chi connectivity index (χ1) is 14.2. The molecule has 0 amide bonds. The zero-order valence-corrected chi connectivity index (χ0v) is 16.9. The minimum Gasteiger partial charge on any atom is -0.464 e. The lowest BCUT2D eigenvalue weighted by atomic mass is 10.2. The Morgan fingerprint density at radius 1 is 0.828 bits per heavy atom. The van der Waals surface area contributed by atoms with Gasteiger partial charge in [0.2, 0.25) is 11.9 Å². The highest BCUT2D eigenvalue weighted by Crippen LogP contribution is 2.18. The van der Waals surface area contributed by atoms with Gasteiger partial charge in [0, 0.05) is 18.8 Å². The normalized spacial score (nSPS) is 9.93. The standard InChI is InChI=1S/C19H22N6O.C2H7N/c1-2-26-19-24-17(21-13-15-6-4-3-5-7-15)23-18(25-19)22-16-10-8-14(12-20)9-11-16;1-2-3/h3-11H,2,12-13,20H2,1H3,(H2,21,22,23,24,25);2-3H2,1H3. The number of anilines is 3. The lowest BCUT2D eigenvalue weighted by Crippen LogP contribution is -2.09. The first-order valence-corrected chi connectivity index (χ1v) is 9.61. The second kappa shape index (κ2) is 12.3. The van der Waals surface area contributed by atoms with Crippen molar-refractivity contribution in [1.82, 2.24) is 15.0 Å². The molecule has 0 fully saturated rings. The van der Waals surface area contributed by atoms with Crippen molar-refractivity contribution in [2.45, 2.75) is 26.9 Å². The predicted octanol–water partition coefficient (Wildman–Crippen LogP) is 3.05. The highest BCUT2D eigenvalue weighted by Gasteiger charge is 2.08. The molecule has 0 radical (unpaired) electrons. The molecule has 6 N–H and O–H groups in total. The van der Waals surface area contributed by atoms with Gasteiger partial charge in [-0.05, 0) is 36.7 Å². The SMILES string of the molecule is CCN.CCOc1nc(NCc2ccccc2)nc(Nc2ccc(CN)cc2)n1. The fourth-order valence-electron chi connectivity index (χ4n) is 2.32. The average Bonchev–Trinajstić information content (AvgIpc) is 2.74. The van der Waals surface area contributed by atoms with Crippen molar-refractivity contribution in [3.8, 4) is 6.01 Å². The van der Waals surface area contributed by atoms with E-state index in [2.05, 4.69) is 25.6 Å². The number of hydrogen-bond acceptors (Lipinski definition) is 8. The minimum absolute atomic E-state index is 0.277. The van der Waals surface area contributed by atoms with E-state index in [0.717, 1.165) is 23.4 Å². The van der Waals surface area contributed by atoms with Crippen molar-refractivity contribution >= 4 is 17.6 Å². The van der Waals surface area contributed by atoms with Gasteiger partial charge in [-0.15, -0.1) is 0 Å². The maximum Gasteiger partial charge on any atom is 0.323 e. The van der Waals surface area contributed by atoms with Crippen molar-refractivity contribution in [2.75, 3.05) is 23.8 Å². The van der Waals surface area contributed by atoms with Gasteiger partial charge in [0.05, 0.1) is 6.61 Å². The van der Waals surface area contributed by atoms with Crippen molar-refractivity contribution < 1.29 is 4.74 Å². The molecular weight excluding hydrogens is 366 g/mol. The van der Waals surface area contributed by atoms with E-state index >= 15 is 0 Å². The summed E-state index contributed by atoms with van der Waals surface area (Å²) in [4.78, 5) is 13.0. The molecule has 0 aliphatic carbocycles. The summed E-state index contributed by atoms with van der Waals surface area (Å²) in [7, 11) is 0. The third kappa shape index (κ3) is 7.73. The van der Waals surface area contributed by atoms with Crippen LogP contribution in [0.4, 0.5) is 17.6 Å². The lowest BCUT2D eigenvalue weighted by Gasteiger charge is -2.10. The molecular formula is C21H29N7O. The summed E-state index contributed by atoms with van der Waals surface area (Å²) >= 11 is 0. The van der Waals surface area contributed by atoms with Crippen LogP contribution in [0.3, 0.4) is 0 Å². The number of nitrogens with zero attached hydrogens (tertiary/aromatic N) is 3. The van der Waals surface area contributed by atoms with E-state index in [4.69, 9.17) is 16.2 Å². The average molecular weight is 396 g/mol. The summed E-state index contributed by atoms with van der Waals surface area (Å²) in [6.45, 7) is 6.14. The van der Waals surface area contributed by atoms with Gasteiger partial charge >= 0.3 is 6.01 Å². The van der Waals surface area contributed by atoms with Crippen LogP contribution in [0.15, 0.2) is 54.6 Å². The van der Waals surface area contributed by atoms with Gasteiger partial charge in [0.1, 0.15) is 0 Å². The molecule has 0 spiro atoms. The molecule has 1 aromatic heterocycles. The second-order valence-electron chi connectivity index (χ2n) is 5.97. The molecule has 0 bridgehead atoms. The van der Waals surface area contributed by atoms with E-state index in [1.54, 1.807) is 0 Å². The van der Waals surface area contributed by atoms with E-state index < -0.39 is 0 Å². The molecule has 0 aliphatic rings. The summed E-state index contributed by atoms with van der Waals surface area (Å²) in [6, 6.07) is 18.1. The molecule has 29 heavy (non-hydrogen) atoms. The quantitative estimate of drug-likeness (QED) is 0.459. The monoisotopic (exact) mass is 395 g/mol. The van der Waals surface area contributed by atoms with Crippen molar-refractivity contribution in [3.05, 3.63) is 65.7 Å². The largest absolute Gasteiger partial charge is 0.464 e. The molecule has 0 unspecified atom stereocenters. The molecule has 1 heterocycles. The van der Waals surface area contributed by atoms with Crippen molar-refractivity contribution in [1.29, 1.82) is 0 Å². The smallest absolute Gasteiger partial charge is 0.323 e. The fraction of sp³-hybridized carbons (Fsp3) is 0.286. The molecule has 8 heteroatoms. The van der Waals surface area contributed by atoms with Crippen LogP contribution in [-0.4, -0.2) is 28.1 Å². The summed E-state index contributed by atoms with van der Waals surface area (Å²) < 4.78 is 5.45. The van der Waals surface area contributed by atoms with Crippen LogP contribution >= 0.6 is 0 Å². The Balaban J connectivity index is 0.000000941. The number of hydrogen-bond donors (Lipinski definition) is 4. The Hall–Kier alpha value is -3.23. The molecule has 0 saturated heterocycles. The zero-order valence-electron chi connectivity index (χ0n) is 16.9. The Morgan fingerprint density at radius 3 is 2.10 bits per heavy atom. The van der Waals surface area contributed by atoms with Crippen LogP contribution in [0, 0.1) is 0 Å². The maximum absolute atomic E-state index is 5.63. The van der Waals surface area contributed by atoms with Crippen LogP contribution in [0.2, 0.25) is 0 Å². The minimum atomic E-state index is 0.277. The molecule has 2 aromatic carbocycles. The van der Waals surface area contributed by atoms with Crippen LogP contribution in [0.25, 0.3) is 0 Å². The van der Waals surface area contributed by atoms with Crippen LogP contribution in [0.5, 0.6) is 6.01 Å². The summed E-state index contributed by atoms with van der Waals surface area (Å²) in [5.41, 5.74) is 13.5. The molecule has 3 rings (SSSR count). The molecule has 3 aromatic rings. The number of rotatable bonds is 8. The van der Waals surface area contributed by atoms with Crippen molar-refractivity contribution in [3.63, 3.8) is 0 Å². The zero-order chi connectivity index (χ0) is 20.9. The van der Waals surface area contributed by atoms with Crippen molar-refractivity contribution in [2.24, 2.45) is 11.5 Å². The number of nitrogens with one attached hydrogen (secondary N) is 2. The summed E-state index contributed by atoms with van der Waals surface area (Å²) in [5.74, 6) is 0.868. The first-order valence-electron chi connectivity index (χ1n) is 9.61. The van der Waals surface area contributed by atoms with Gasteiger partial charge in [-0.25, -0.2) is 0 Å². The Labute approximate surface area is 171 Å². The Morgan fingerprint density at radius 2 is 1.48 bits per heavy atom. The fourth-order valence-corrected chi connectivity index (χ4v) is 2.32. The summed E-state index contributed by atoms with van der Waals surface area (Å²) in [5, 5.41) is 6.37. The third-order valence-corrected chi connectivity index (χ3v) is 3.63. The third-order valence-electron chi connectivity index (χ3n) is 3.63. The molecule has 0 atom stereocenters. The maximum atomic E-state index is 5.63. The van der Waals surface area contributed by atoms with Gasteiger partial charge in [0.25, 0.3) is 0 Å². The van der Waals surface area contributed by atoms with Gasteiger partial charge in [0.15, 0.2) is 0 Å². The van der Waals surface area contributed by atoms with E-state index in [1.165, 1.54) is 0 Å². The Kier molecular flexibility index (Phi) is 9.34. The predicted molar refractivity (Wildman–Crippen MR) is 117 cm³/mol. The number of ether oxygens (including phenoxy) is 1. The molecule has 0 saturated carbocycles. The summed E-state index contributed by atoms with van der Waals surface area (Å²) in [6.07, 6.45) is 0. The molecule has 0 aliphatic heterocycles.